The van der Waals surface area contributed by atoms with E-state index >= 15 is 0 Å². The van der Waals surface area contributed by atoms with E-state index in [1.165, 1.54) is 0 Å². The van der Waals surface area contributed by atoms with Crippen LogP contribution in [0.1, 0.15) is 31.9 Å². The maximum absolute atomic E-state index is 11.9. The summed E-state index contributed by atoms with van der Waals surface area (Å²) >= 11 is 0. The first-order chi connectivity index (χ1) is 13.0. The molecule has 2 aromatic carbocycles. The Bertz CT molecular complexity index is 811. The van der Waals surface area contributed by atoms with Gasteiger partial charge in [-0.3, -0.25) is 4.57 Å². The monoisotopic (exact) mass is 407 g/mol. The van der Waals surface area contributed by atoms with Crippen LogP contribution in [-0.2, 0) is 22.3 Å². The van der Waals surface area contributed by atoms with Crippen molar-refractivity contribution in [3.05, 3.63) is 65.7 Å². The minimum Gasteiger partial charge on any atom is -0.489 e. The highest BCUT2D eigenvalue weighted by Gasteiger charge is 2.32. The van der Waals surface area contributed by atoms with Gasteiger partial charge in [-0.2, -0.15) is 0 Å². The summed E-state index contributed by atoms with van der Waals surface area (Å²) in [6.07, 6.45) is -0.911. The summed E-state index contributed by atoms with van der Waals surface area (Å²) < 4.78 is 22.5. The molecule has 8 heteroatoms. The number of ether oxygens (including phenoxy) is 2. The fourth-order valence-electron chi connectivity index (χ4n) is 2.38. The van der Waals surface area contributed by atoms with Gasteiger partial charge in [0.15, 0.2) is 0 Å². The van der Waals surface area contributed by atoms with Crippen molar-refractivity contribution in [1.29, 1.82) is 0 Å². The Labute approximate surface area is 164 Å². The van der Waals surface area contributed by atoms with Gasteiger partial charge in [0.1, 0.15) is 23.7 Å². The molecule has 0 fully saturated rings. The average Bonchev–Trinajstić information content (AvgIpc) is 2.59. The zero-order valence-electron chi connectivity index (χ0n) is 16.2. The third-order valence-corrected chi connectivity index (χ3v) is 4.81. The van der Waals surface area contributed by atoms with E-state index in [1.54, 1.807) is 45.0 Å². The molecule has 0 saturated carbocycles. The molecule has 0 aliphatic heterocycles. The third kappa shape index (κ3) is 7.72. The van der Waals surface area contributed by atoms with Gasteiger partial charge in [0, 0.05) is 6.42 Å². The van der Waals surface area contributed by atoms with E-state index in [4.69, 9.17) is 9.47 Å². The second-order valence-corrected chi connectivity index (χ2v) is 9.17. The lowest BCUT2D eigenvalue weighted by Gasteiger charge is -2.24. The molecule has 0 spiro atoms. The fraction of sp³-hybridized carbons (Fsp3) is 0.350. The summed E-state index contributed by atoms with van der Waals surface area (Å²) in [5.41, 5.74) is 0.924. The maximum atomic E-state index is 11.9. The molecule has 152 valence electrons. The van der Waals surface area contributed by atoms with Crippen LogP contribution in [0.2, 0.25) is 0 Å². The summed E-state index contributed by atoms with van der Waals surface area (Å²) in [5.74, 6) is -0.737. The van der Waals surface area contributed by atoms with E-state index in [0.717, 1.165) is 5.56 Å². The first-order valence-corrected chi connectivity index (χ1v) is 10.5. The number of hydrogen-bond donors (Lipinski definition) is 3. The van der Waals surface area contributed by atoms with Crippen LogP contribution in [-0.4, -0.2) is 27.3 Å². The maximum Gasteiger partial charge on any atom is 0.408 e. The first kappa shape index (κ1) is 22.0. The molecule has 0 aliphatic rings. The normalized spacial score (nSPS) is 12.9. The molecule has 0 heterocycles. The Morgan fingerprint density at radius 1 is 1.04 bits per heavy atom. The quantitative estimate of drug-likeness (QED) is 0.603. The number of hydrogen-bond acceptors (Lipinski definition) is 4. The zero-order chi connectivity index (χ0) is 20.8. The van der Waals surface area contributed by atoms with Crippen molar-refractivity contribution in [1.82, 2.24) is 5.32 Å². The smallest absolute Gasteiger partial charge is 0.408 e. The number of benzene rings is 2. The van der Waals surface area contributed by atoms with E-state index in [9.17, 15) is 19.1 Å². The molecule has 7 nitrogen and oxygen atoms in total. The fourth-order valence-corrected chi connectivity index (χ4v) is 3.11. The average molecular weight is 407 g/mol. The highest BCUT2D eigenvalue weighted by molar-refractivity contribution is 7.52. The van der Waals surface area contributed by atoms with Crippen molar-refractivity contribution in [3.8, 4) is 5.75 Å². The number of alkyl carbamates (subject to hydrolysis) is 1. The molecule has 0 aromatic heterocycles. The van der Waals surface area contributed by atoms with Gasteiger partial charge in [-0.25, -0.2) is 4.79 Å². The molecule has 1 unspecified atom stereocenters. The van der Waals surface area contributed by atoms with Gasteiger partial charge in [-0.15, -0.1) is 0 Å². The Kier molecular flexibility index (Phi) is 7.24. The summed E-state index contributed by atoms with van der Waals surface area (Å²) in [5, 5.41) is 2.27. The van der Waals surface area contributed by atoms with E-state index in [0.29, 0.717) is 17.9 Å². The number of carbonyl (C=O) groups excluding carboxylic acids is 1. The largest absolute Gasteiger partial charge is 0.489 e. The van der Waals surface area contributed by atoms with Crippen LogP contribution >= 0.6 is 7.60 Å². The number of rotatable bonds is 7. The SMILES string of the molecule is CC(C)(C)OC(=O)NC(Cc1ccc(OCc2ccccc2)cc1)P(=O)(O)O. The van der Waals surface area contributed by atoms with Gasteiger partial charge < -0.3 is 24.6 Å². The standard InChI is InChI=1S/C20H26NO6P/c1-20(2,3)27-19(22)21-18(28(23,24)25)13-15-9-11-17(12-10-15)26-14-16-7-5-4-6-8-16/h4-12,18H,13-14H2,1-3H3,(H,21,22)(H2,23,24,25). The van der Waals surface area contributed by atoms with Gasteiger partial charge in [-0.1, -0.05) is 42.5 Å². The summed E-state index contributed by atoms with van der Waals surface area (Å²) in [7, 11) is -4.57. The van der Waals surface area contributed by atoms with E-state index < -0.39 is 25.1 Å². The van der Waals surface area contributed by atoms with Gasteiger partial charge in [0.2, 0.25) is 0 Å². The molecule has 2 rings (SSSR count). The summed E-state index contributed by atoms with van der Waals surface area (Å²) in [6.45, 7) is 5.44. The van der Waals surface area contributed by atoms with Crippen LogP contribution in [0.3, 0.4) is 0 Å². The van der Waals surface area contributed by atoms with Crippen LogP contribution in [0.4, 0.5) is 4.79 Å². The molecule has 28 heavy (non-hydrogen) atoms. The molecule has 3 N–H and O–H groups in total. The minimum atomic E-state index is -4.57. The number of amides is 1. The molecule has 0 saturated heterocycles. The van der Waals surface area contributed by atoms with Crippen molar-refractivity contribution >= 4 is 13.7 Å². The molecule has 1 atom stereocenters. The second kappa shape index (κ2) is 9.24. The van der Waals surface area contributed by atoms with Crippen molar-refractivity contribution < 1.29 is 28.6 Å². The number of nitrogens with one attached hydrogen (secondary N) is 1. The van der Waals surface area contributed by atoms with E-state index in [-0.39, 0.29) is 6.42 Å². The number of carbonyl (C=O) groups is 1. The van der Waals surface area contributed by atoms with Crippen LogP contribution in [0.15, 0.2) is 54.6 Å². The predicted octanol–water partition coefficient (Wildman–Crippen LogP) is 3.84. The Balaban J connectivity index is 1.98. The van der Waals surface area contributed by atoms with Crippen molar-refractivity contribution in [3.63, 3.8) is 0 Å². The van der Waals surface area contributed by atoms with Crippen LogP contribution in [0, 0.1) is 0 Å². The molecule has 2 aromatic rings. The van der Waals surface area contributed by atoms with Crippen molar-refractivity contribution in [2.75, 3.05) is 0 Å². The third-order valence-electron chi connectivity index (χ3n) is 3.69. The second-order valence-electron chi connectivity index (χ2n) is 7.37. The molecular formula is C20H26NO6P. The van der Waals surface area contributed by atoms with Gasteiger partial charge in [-0.05, 0) is 44.0 Å². The zero-order valence-corrected chi connectivity index (χ0v) is 17.1. The molecule has 0 radical (unpaired) electrons. The van der Waals surface area contributed by atoms with E-state index in [1.807, 2.05) is 30.3 Å². The van der Waals surface area contributed by atoms with Gasteiger partial charge in [0.25, 0.3) is 0 Å². The first-order valence-electron chi connectivity index (χ1n) is 8.83. The molecular weight excluding hydrogens is 381 g/mol. The van der Waals surface area contributed by atoms with Crippen molar-refractivity contribution in [2.45, 2.75) is 45.2 Å². The van der Waals surface area contributed by atoms with Crippen LogP contribution in [0.25, 0.3) is 0 Å². The Morgan fingerprint density at radius 2 is 1.64 bits per heavy atom. The highest BCUT2D eigenvalue weighted by Crippen LogP contribution is 2.41. The van der Waals surface area contributed by atoms with Crippen molar-refractivity contribution in [2.24, 2.45) is 0 Å². The molecule has 0 bridgehead atoms. The predicted molar refractivity (Wildman–Crippen MR) is 106 cm³/mol. The van der Waals surface area contributed by atoms with Gasteiger partial charge in [0.05, 0.1) is 0 Å². The Hall–Kier alpha value is -2.34. The van der Waals surface area contributed by atoms with Crippen LogP contribution < -0.4 is 10.1 Å². The summed E-state index contributed by atoms with van der Waals surface area (Å²) in [6, 6.07) is 16.6. The Morgan fingerprint density at radius 3 is 2.18 bits per heavy atom. The minimum absolute atomic E-state index is 0.0392. The van der Waals surface area contributed by atoms with E-state index in [2.05, 4.69) is 5.32 Å². The van der Waals surface area contributed by atoms with Crippen LogP contribution in [0.5, 0.6) is 5.75 Å². The lowest BCUT2D eigenvalue weighted by molar-refractivity contribution is 0.0513. The molecule has 1 amide bonds. The topological polar surface area (TPSA) is 105 Å². The molecule has 0 aliphatic carbocycles. The lowest BCUT2D eigenvalue weighted by Crippen LogP contribution is -2.40. The lowest BCUT2D eigenvalue weighted by atomic mass is 10.1. The highest BCUT2D eigenvalue weighted by atomic mass is 31.2. The summed E-state index contributed by atoms with van der Waals surface area (Å²) in [4.78, 5) is 31.0. The van der Waals surface area contributed by atoms with Gasteiger partial charge >= 0.3 is 13.7 Å².